The number of carbonyl (C=O) groups excluding carboxylic acids is 1. The van der Waals surface area contributed by atoms with E-state index in [1.807, 2.05) is 48.0 Å². The first-order valence-electron chi connectivity index (χ1n) is 7.45. The number of hydrogen-bond acceptors (Lipinski definition) is 2. The van der Waals surface area contributed by atoms with Gasteiger partial charge in [-0.25, -0.2) is 0 Å². The van der Waals surface area contributed by atoms with Gasteiger partial charge in [0.15, 0.2) is 0 Å². The summed E-state index contributed by atoms with van der Waals surface area (Å²) < 4.78 is 7.31. The minimum absolute atomic E-state index is 0.0572. The molecule has 1 atom stereocenters. The average Bonchev–Trinajstić information content (AvgIpc) is 2.91. The van der Waals surface area contributed by atoms with E-state index in [2.05, 4.69) is 5.32 Å². The monoisotopic (exact) mass is 318 g/mol. The van der Waals surface area contributed by atoms with Crippen LogP contribution in [0.25, 0.3) is 11.3 Å². The second kappa shape index (κ2) is 6.55. The molecular weight excluding hydrogens is 300 g/mol. The van der Waals surface area contributed by atoms with Crippen molar-refractivity contribution in [3.05, 3.63) is 47.1 Å². The van der Waals surface area contributed by atoms with E-state index in [0.717, 1.165) is 30.7 Å². The van der Waals surface area contributed by atoms with Crippen molar-refractivity contribution in [2.45, 2.75) is 18.9 Å². The predicted octanol–water partition coefficient (Wildman–Crippen LogP) is 3.25. The summed E-state index contributed by atoms with van der Waals surface area (Å²) in [6, 6.07) is 11.5. The van der Waals surface area contributed by atoms with Gasteiger partial charge >= 0.3 is 0 Å². The Morgan fingerprint density at radius 3 is 2.73 bits per heavy atom. The molecule has 1 fully saturated rings. The molecule has 1 aromatic heterocycles. The molecular formula is C17H19ClN2O2. The molecule has 4 nitrogen and oxygen atoms in total. The van der Waals surface area contributed by atoms with Crippen molar-refractivity contribution < 1.29 is 9.53 Å². The van der Waals surface area contributed by atoms with Crippen LogP contribution >= 0.6 is 11.6 Å². The molecule has 3 rings (SSSR count). The van der Waals surface area contributed by atoms with E-state index in [0.29, 0.717) is 17.3 Å². The Morgan fingerprint density at radius 1 is 1.27 bits per heavy atom. The van der Waals surface area contributed by atoms with Crippen molar-refractivity contribution in [1.82, 2.24) is 9.88 Å². The second-order valence-electron chi connectivity index (χ2n) is 5.56. The molecule has 0 saturated carbocycles. The molecule has 1 aliphatic heterocycles. The van der Waals surface area contributed by atoms with Crippen LogP contribution in [0.4, 0.5) is 0 Å². The molecule has 1 amide bonds. The standard InChI is InChI=1S/C17H19ClN2O2/c1-20-15(12-4-6-13(18)7-5-12)8-9-16(20)17(21)19-14-3-2-10-22-11-14/h4-9,14H,2-3,10-11H2,1H3,(H,19,21)/t14-/m1/s1. The highest BCUT2D eigenvalue weighted by atomic mass is 35.5. The van der Waals surface area contributed by atoms with Crippen molar-refractivity contribution >= 4 is 17.5 Å². The molecule has 0 bridgehead atoms. The number of ether oxygens (including phenoxy) is 1. The van der Waals surface area contributed by atoms with Gasteiger partial charge in [0.2, 0.25) is 0 Å². The van der Waals surface area contributed by atoms with Crippen molar-refractivity contribution in [3.63, 3.8) is 0 Å². The number of benzene rings is 1. The highest BCUT2D eigenvalue weighted by molar-refractivity contribution is 6.30. The van der Waals surface area contributed by atoms with Crippen LogP contribution < -0.4 is 5.32 Å². The van der Waals surface area contributed by atoms with E-state index in [1.165, 1.54) is 0 Å². The number of rotatable bonds is 3. The topological polar surface area (TPSA) is 43.3 Å². The summed E-state index contributed by atoms with van der Waals surface area (Å²) in [7, 11) is 1.90. The molecule has 1 saturated heterocycles. The number of nitrogens with zero attached hydrogens (tertiary/aromatic N) is 1. The molecule has 1 aliphatic rings. The number of hydrogen-bond donors (Lipinski definition) is 1. The van der Waals surface area contributed by atoms with Crippen LogP contribution in [0, 0.1) is 0 Å². The number of nitrogens with one attached hydrogen (secondary N) is 1. The van der Waals surface area contributed by atoms with Gasteiger partial charge in [0.1, 0.15) is 5.69 Å². The van der Waals surface area contributed by atoms with Crippen LogP contribution in [0.5, 0.6) is 0 Å². The van der Waals surface area contributed by atoms with Gasteiger partial charge in [-0.3, -0.25) is 4.79 Å². The number of amides is 1. The van der Waals surface area contributed by atoms with Crippen LogP contribution in [0.1, 0.15) is 23.3 Å². The third-order valence-electron chi connectivity index (χ3n) is 3.99. The molecule has 0 spiro atoms. The molecule has 2 aromatic rings. The maximum atomic E-state index is 12.4. The third-order valence-corrected chi connectivity index (χ3v) is 4.24. The zero-order valence-electron chi connectivity index (χ0n) is 12.5. The van der Waals surface area contributed by atoms with E-state index in [-0.39, 0.29) is 11.9 Å². The van der Waals surface area contributed by atoms with Crippen LogP contribution in [-0.2, 0) is 11.8 Å². The Bertz CT molecular complexity index is 658. The van der Waals surface area contributed by atoms with Crippen LogP contribution in [0.2, 0.25) is 5.02 Å². The third kappa shape index (κ3) is 3.18. The van der Waals surface area contributed by atoms with Gasteiger partial charge in [0.05, 0.1) is 12.6 Å². The summed E-state index contributed by atoms with van der Waals surface area (Å²) in [5.41, 5.74) is 2.67. The van der Waals surface area contributed by atoms with Crippen molar-refractivity contribution in [3.8, 4) is 11.3 Å². The zero-order chi connectivity index (χ0) is 15.5. The molecule has 0 unspecified atom stereocenters. The number of halogens is 1. The SMILES string of the molecule is Cn1c(C(=O)N[C@@H]2CCCOC2)ccc1-c1ccc(Cl)cc1. The van der Waals surface area contributed by atoms with Gasteiger partial charge in [-0.05, 0) is 42.7 Å². The minimum Gasteiger partial charge on any atom is -0.379 e. The number of aromatic nitrogens is 1. The van der Waals surface area contributed by atoms with E-state index < -0.39 is 0 Å². The Balaban J connectivity index is 1.77. The van der Waals surface area contributed by atoms with Gasteiger partial charge in [0, 0.05) is 24.4 Å². The predicted molar refractivity (Wildman–Crippen MR) is 87.2 cm³/mol. The second-order valence-corrected chi connectivity index (χ2v) is 5.99. The lowest BCUT2D eigenvalue weighted by molar-refractivity contribution is 0.0620. The summed E-state index contributed by atoms with van der Waals surface area (Å²) in [4.78, 5) is 12.4. The molecule has 1 N–H and O–H groups in total. The molecule has 1 aromatic carbocycles. The Hall–Kier alpha value is -1.78. The van der Waals surface area contributed by atoms with E-state index in [1.54, 1.807) is 0 Å². The lowest BCUT2D eigenvalue weighted by atomic mass is 10.1. The lowest BCUT2D eigenvalue weighted by Crippen LogP contribution is -2.41. The lowest BCUT2D eigenvalue weighted by Gasteiger charge is -2.23. The maximum absolute atomic E-state index is 12.4. The fourth-order valence-electron chi connectivity index (χ4n) is 2.76. The molecule has 0 radical (unpaired) electrons. The van der Waals surface area contributed by atoms with Gasteiger partial charge in [-0.2, -0.15) is 0 Å². The van der Waals surface area contributed by atoms with Crippen LogP contribution in [0.3, 0.4) is 0 Å². The molecule has 116 valence electrons. The first kappa shape index (κ1) is 15.1. The molecule has 5 heteroatoms. The van der Waals surface area contributed by atoms with Crippen molar-refractivity contribution in [2.75, 3.05) is 13.2 Å². The Kier molecular flexibility index (Phi) is 4.50. The summed E-state index contributed by atoms with van der Waals surface area (Å²) in [6.07, 6.45) is 1.97. The first-order chi connectivity index (χ1) is 10.6. The summed E-state index contributed by atoms with van der Waals surface area (Å²) in [5, 5.41) is 3.75. The first-order valence-corrected chi connectivity index (χ1v) is 7.83. The van der Waals surface area contributed by atoms with E-state index >= 15 is 0 Å². The van der Waals surface area contributed by atoms with Crippen molar-refractivity contribution in [1.29, 1.82) is 0 Å². The fraction of sp³-hybridized carbons (Fsp3) is 0.353. The summed E-state index contributed by atoms with van der Waals surface area (Å²) in [6.45, 7) is 1.39. The highest BCUT2D eigenvalue weighted by Crippen LogP contribution is 2.23. The summed E-state index contributed by atoms with van der Waals surface area (Å²) in [5.74, 6) is -0.0572. The van der Waals surface area contributed by atoms with E-state index in [4.69, 9.17) is 16.3 Å². The Labute approximate surface area is 135 Å². The summed E-state index contributed by atoms with van der Waals surface area (Å²) >= 11 is 5.92. The van der Waals surface area contributed by atoms with Crippen molar-refractivity contribution in [2.24, 2.45) is 7.05 Å². The van der Waals surface area contributed by atoms with Gasteiger partial charge in [-0.1, -0.05) is 23.7 Å². The highest BCUT2D eigenvalue weighted by Gasteiger charge is 2.19. The fourth-order valence-corrected chi connectivity index (χ4v) is 2.89. The zero-order valence-corrected chi connectivity index (χ0v) is 13.3. The van der Waals surface area contributed by atoms with Gasteiger partial charge < -0.3 is 14.6 Å². The largest absolute Gasteiger partial charge is 0.379 e. The Morgan fingerprint density at radius 2 is 2.05 bits per heavy atom. The smallest absolute Gasteiger partial charge is 0.268 e. The minimum atomic E-state index is -0.0572. The molecule has 2 heterocycles. The average molecular weight is 319 g/mol. The quantitative estimate of drug-likeness (QED) is 0.944. The van der Waals surface area contributed by atoms with E-state index in [9.17, 15) is 4.79 Å². The number of carbonyl (C=O) groups is 1. The molecule has 22 heavy (non-hydrogen) atoms. The molecule has 0 aliphatic carbocycles. The maximum Gasteiger partial charge on any atom is 0.268 e. The normalized spacial score (nSPS) is 18.2. The van der Waals surface area contributed by atoms with Gasteiger partial charge in [-0.15, -0.1) is 0 Å². The van der Waals surface area contributed by atoms with Gasteiger partial charge in [0.25, 0.3) is 5.91 Å². The van der Waals surface area contributed by atoms with Crippen LogP contribution in [0.15, 0.2) is 36.4 Å². The van der Waals surface area contributed by atoms with Crippen LogP contribution in [-0.4, -0.2) is 29.7 Å².